The van der Waals surface area contributed by atoms with Gasteiger partial charge in [0.25, 0.3) is 0 Å². The molecule has 3 aliphatic rings. The zero-order valence-electron chi connectivity index (χ0n) is 19.4. The van der Waals surface area contributed by atoms with Gasteiger partial charge in [0.05, 0.1) is 11.4 Å². The average Bonchev–Trinajstić information content (AvgIpc) is 3.59. The predicted molar refractivity (Wildman–Crippen MR) is 130 cm³/mol. The monoisotopic (exact) mass is 467 g/mol. The number of hydrogen-bond acceptors (Lipinski definition) is 4. The molecule has 2 aliphatic heterocycles. The largest absolute Gasteiger partial charge is 0.311 e. The van der Waals surface area contributed by atoms with E-state index in [1.54, 1.807) is 16.4 Å². The second-order valence-corrected chi connectivity index (χ2v) is 11.6. The van der Waals surface area contributed by atoms with E-state index in [1.165, 1.54) is 11.1 Å². The molecule has 0 atom stereocenters. The maximum Gasteiger partial charge on any atom is 0.243 e. The van der Waals surface area contributed by atoms with E-state index in [-0.39, 0.29) is 5.91 Å². The first kappa shape index (κ1) is 22.6. The van der Waals surface area contributed by atoms with E-state index in [2.05, 4.69) is 36.1 Å². The molecule has 0 N–H and O–H groups in total. The van der Waals surface area contributed by atoms with Gasteiger partial charge in [-0.2, -0.15) is 4.31 Å². The molecule has 0 aromatic heterocycles. The van der Waals surface area contributed by atoms with Gasteiger partial charge in [-0.3, -0.25) is 9.69 Å². The first-order chi connectivity index (χ1) is 15.9. The van der Waals surface area contributed by atoms with Crippen molar-refractivity contribution >= 4 is 21.6 Å². The number of piperidine rings is 1. The number of amides is 1. The zero-order valence-corrected chi connectivity index (χ0v) is 20.2. The number of carbonyl (C=O) groups is 1. The highest BCUT2D eigenvalue weighted by atomic mass is 32.2. The van der Waals surface area contributed by atoms with E-state index in [0.717, 1.165) is 49.9 Å². The summed E-state index contributed by atoms with van der Waals surface area (Å²) in [6.07, 6.45) is 5.93. The Morgan fingerprint density at radius 2 is 1.73 bits per heavy atom. The summed E-state index contributed by atoms with van der Waals surface area (Å²) in [5, 5.41) is 0. The Hall–Kier alpha value is -2.22. The highest BCUT2D eigenvalue weighted by molar-refractivity contribution is 7.89. The van der Waals surface area contributed by atoms with Gasteiger partial charge in [0.1, 0.15) is 0 Å². The predicted octanol–water partition coefficient (Wildman–Crippen LogP) is 3.72. The first-order valence-corrected chi connectivity index (χ1v) is 13.6. The van der Waals surface area contributed by atoms with Crippen LogP contribution in [0, 0.1) is 6.92 Å². The molecule has 176 valence electrons. The minimum Gasteiger partial charge on any atom is -0.311 e. The molecule has 1 amide bonds. The Kier molecular flexibility index (Phi) is 6.29. The van der Waals surface area contributed by atoms with Crippen LogP contribution in [-0.2, 0) is 27.8 Å². The van der Waals surface area contributed by atoms with Gasteiger partial charge in [-0.05, 0) is 68.4 Å². The average molecular weight is 468 g/mol. The fraction of sp³-hybridized carbons (Fsp3) is 0.500. The summed E-state index contributed by atoms with van der Waals surface area (Å²) in [5.74, 6) is 0.0967. The van der Waals surface area contributed by atoms with Gasteiger partial charge < -0.3 is 4.90 Å². The summed E-state index contributed by atoms with van der Waals surface area (Å²) in [5.41, 5.74) is 4.29. The van der Waals surface area contributed by atoms with Gasteiger partial charge >= 0.3 is 0 Å². The fourth-order valence-electron chi connectivity index (χ4n) is 4.99. The maximum atomic E-state index is 13.3. The number of aryl methyl sites for hydroxylation is 1. The second kappa shape index (κ2) is 9.20. The van der Waals surface area contributed by atoms with Gasteiger partial charge in [0, 0.05) is 37.9 Å². The Morgan fingerprint density at radius 1 is 1.00 bits per heavy atom. The molecule has 0 unspecified atom stereocenters. The van der Waals surface area contributed by atoms with E-state index < -0.39 is 10.0 Å². The maximum absolute atomic E-state index is 13.3. The van der Waals surface area contributed by atoms with Crippen LogP contribution in [0.5, 0.6) is 0 Å². The van der Waals surface area contributed by atoms with Crippen LogP contribution in [0.3, 0.4) is 0 Å². The van der Waals surface area contributed by atoms with Crippen molar-refractivity contribution in [2.75, 3.05) is 31.1 Å². The molecule has 2 heterocycles. The third-order valence-corrected chi connectivity index (χ3v) is 9.00. The molecule has 33 heavy (non-hydrogen) atoms. The van der Waals surface area contributed by atoms with Gasteiger partial charge in [-0.1, -0.05) is 36.2 Å². The van der Waals surface area contributed by atoms with Crippen molar-refractivity contribution in [3.8, 4) is 0 Å². The molecule has 1 aliphatic carbocycles. The Labute approximate surface area is 197 Å². The summed E-state index contributed by atoms with van der Waals surface area (Å²) in [6, 6.07) is 14.3. The number of rotatable bonds is 7. The van der Waals surface area contributed by atoms with Gasteiger partial charge in [0.2, 0.25) is 15.9 Å². The van der Waals surface area contributed by atoms with E-state index in [1.807, 2.05) is 11.0 Å². The lowest BCUT2D eigenvalue weighted by Crippen LogP contribution is -2.40. The molecule has 0 bridgehead atoms. The first-order valence-electron chi connectivity index (χ1n) is 12.1. The number of hydrogen-bond donors (Lipinski definition) is 0. The summed E-state index contributed by atoms with van der Waals surface area (Å²) in [4.78, 5) is 17.8. The summed E-state index contributed by atoms with van der Waals surface area (Å²) in [7, 11) is -3.46. The molecule has 1 saturated carbocycles. The summed E-state index contributed by atoms with van der Waals surface area (Å²) in [6.45, 7) is 5.07. The Bertz CT molecular complexity index is 1120. The van der Waals surface area contributed by atoms with Gasteiger partial charge in [-0.25, -0.2) is 8.42 Å². The number of carbonyl (C=O) groups excluding carboxylic acids is 1. The molecule has 2 fully saturated rings. The molecular formula is C26H33N3O3S. The molecule has 2 aromatic carbocycles. The van der Waals surface area contributed by atoms with Crippen LogP contribution in [0.2, 0.25) is 0 Å². The third kappa shape index (κ3) is 4.86. The zero-order chi connectivity index (χ0) is 23.0. The van der Waals surface area contributed by atoms with Gasteiger partial charge in [-0.15, -0.1) is 0 Å². The van der Waals surface area contributed by atoms with E-state index in [0.29, 0.717) is 43.5 Å². The van der Waals surface area contributed by atoms with E-state index >= 15 is 0 Å². The lowest BCUT2D eigenvalue weighted by atomic mass is 10.1. The topological polar surface area (TPSA) is 60.9 Å². The molecular weight excluding hydrogens is 434 g/mol. The molecule has 1 saturated heterocycles. The van der Waals surface area contributed by atoms with Crippen molar-refractivity contribution in [3.05, 3.63) is 59.2 Å². The summed E-state index contributed by atoms with van der Waals surface area (Å²) >= 11 is 0. The molecule has 6 nitrogen and oxygen atoms in total. The van der Waals surface area contributed by atoms with E-state index in [9.17, 15) is 13.2 Å². The van der Waals surface area contributed by atoms with Crippen molar-refractivity contribution in [1.29, 1.82) is 0 Å². The Balaban J connectivity index is 1.29. The quantitative estimate of drug-likeness (QED) is 0.623. The van der Waals surface area contributed by atoms with Crippen molar-refractivity contribution in [2.45, 2.75) is 62.9 Å². The van der Waals surface area contributed by atoms with Crippen molar-refractivity contribution in [1.82, 2.24) is 9.21 Å². The highest BCUT2D eigenvalue weighted by Crippen LogP contribution is 2.33. The number of fused-ring (bicyclic) bond motifs is 1. The van der Waals surface area contributed by atoms with Crippen molar-refractivity contribution in [3.63, 3.8) is 0 Å². The lowest BCUT2D eigenvalue weighted by Gasteiger charge is -2.27. The molecule has 2 aromatic rings. The van der Waals surface area contributed by atoms with E-state index in [4.69, 9.17) is 0 Å². The molecule has 7 heteroatoms. The summed E-state index contributed by atoms with van der Waals surface area (Å²) < 4.78 is 27.7. The Morgan fingerprint density at radius 3 is 2.42 bits per heavy atom. The molecule has 0 spiro atoms. The van der Waals surface area contributed by atoms with Crippen molar-refractivity contribution < 1.29 is 13.2 Å². The van der Waals surface area contributed by atoms with Gasteiger partial charge in [0.15, 0.2) is 0 Å². The van der Waals surface area contributed by atoms with Crippen LogP contribution >= 0.6 is 0 Å². The van der Waals surface area contributed by atoms with Crippen LogP contribution in [0.4, 0.5) is 5.69 Å². The number of sulfonamides is 1. The highest BCUT2D eigenvalue weighted by Gasteiger charge is 2.34. The second-order valence-electron chi connectivity index (χ2n) is 9.67. The third-order valence-electron chi connectivity index (χ3n) is 7.11. The van der Waals surface area contributed by atoms with Crippen LogP contribution in [0.1, 0.15) is 48.8 Å². The molecule has 5 rings (SSSR count). The van der Waals surface area contributed by atoms with Crippen LogP contribution < -0.4 is 4.90 Å². The van der Waals surface area contributed by atoms with Crippen LogP contribution in [0.15, 0.2) is 47.4 Å². The minimum atomic E-state index is -3.46. The fourth-order valence-corrected chi connectivity index (χ4v) is 6.56. The van der Waals surface area contributed by atoms with Crippen LogP contribution in [0.25, 0.3) is 0 Å². The number of anilines is 1. The minimum absolute atomic E-state index is 0.0967. The SMILES string of the molecule is Cc1ccc(CN(CC(=O)N2CCc3cc(S(=O)(=O)N4CCCCC4)ccc32)C2CC2)cc1. The number of benzene rings is 2. The number of nitrogens with zero attached hydrogens (tertiary/aromatic N) is 3. The van der Waals surface area contributed by atoms with Crippen LogP contribution in [-0.4, -0.2) is 55.8 Å². The standard InChI is InChI=1S/C26H33N3O3S/c1-20-5-7-21(8-6-20)18-27(23-9-10-23)19-26(30)29-16-13-22-17-24(11-12-25(22)29)33(31,32)28-14-3-2-4-15-28/h5-8,11-12,17,23H,2-4,9-10,13-16,18-19H2,1H3. The van der Waals surface area contributed by atoms with Crippen molar-refractivity contribution in [2.24, 2.45) is 0 Å². The lowest BCUT2D eigenvalue weighted by molar-refractivity contribution is -0.119. The smallest absolute Gasteiger partial charge is 0.243 e. The normalized spacial score (nSPS) is 19.2. The molecule has 0 radical (unpaired) electrons.